The van der Waals surface area contributed by atoms with Crippen LogP contribution in [-0.2, 0) is 0 Å². The van der Waals surface area contributed by atoms with Gasteiger partial charge in [0.05, 0.1) is 6.26 Å². The number of aliphatic hydroxyl groups excluding tert-OH is 4. The molecule has 0 amide bonds. The van der Waals surface area contributed by atoms with E-state index in [1.54, 1.807) is 0 Å². The van der Waals surface area contributed by atoms with Crippen molar-refractivity contribution in [2.45, 2.75) is 6.42 Å². The molecule has 0 unspecified atom stereocenters. The van der Waals surface area contributed by atoms with Crippen LogP contribution in [0.1, 0.15) is 6.42 Å². The van der Waals surface area contributed by atoms with Gasteiger partial charge in [0.2, 0.25) is 0 Å². The Morgan fingerprint density at radius 2 is 1.50 bits per heavy atom. The van der Waals surface area contributed by atoms with E-state index in [1.165, 1.54) is 6.08 Å². The highest BCUT2D eigenvalue weighted by Crippen LogP contribution is 1.74. The SMILES string of the molecule is OC=CCCO.OCC#CCO. The molecule has 0 fully saturated rings. The second-order valence-electron chi connectivity index (χ2n) is 1.57. The molecule has 0 atom stereocenters. The van der Waals surface area contributed by atoms with Crippen LogP contribution < -0.4 is 0 Å². The van der Waals surface area contributed by atoms with Crippen LogP contribution in [0.5, 0.6) is 0 Å². The lowest BCUT2D eigenvalue weighted by molar-refractivity contribution is 0.301. The van der Waals surface area contributed by atoms with Crippen LogP contribution in [0.25, 0.3) is 0 Å². The second-order valence-corrected chi connectivity index (χ2v) is 1.57. The van der Waals surface area contributed by atoms with Gasteiger partial charge >= 0.3 is 0 Å². The second kappa shape index (κ2) is 16.5. The largest absolute Gasteiger partial charge is 0.516 e. The lowest BCUT2D eigenvalue weighted by Crippen LogP contribution is -1.74. The molecule has 12 heavy (non-hydrogen) atoms. The fraction of sp³-hybridized carbons (Fsp3) is 0.500. The Kier molecular flexibility index (Phi) is 18.7. The van der Waals surface area contributed by atoms with Gasteiger partial charge in [-0.3, -0.25) is 0 Å². The average Bonchev–Trinajstić information content (AvgIpc) is 2.12. The Balaban J connectivity index is 0. The molecule has 70 valence electrons. The molecule has 0 saturated carbocycles. The summed E-state index contributed by atoms with van der Waals surface area (Å²) < 4.78 is 0. The molecule has 4 nitrogen and oxygen atoms in total. The topological polar surface area (TPSA) is 80.9 Å². The fourth-order valence-corrected chi connectivity index (χ4v) is 0.261. The zero-order valence-corrected chi connectivity index (χ0v) is 6.77. The van der Waals surface area contributed by atoms with E-state index in [2.05, 4.69) is 11.8 Å². The van der Waals surface area contributed by atoms with Gasteiger partial charge in [-0.1, -0.05) is 11.8 Å². The first-order valence-corrected chi connectivity index (χ1v) is 3.41. The number of hydrogen-bond donors (Lipinski definition) is 4. The van der Waals surface area contributed by atoms with Crippen LogP contribution in [0.3, 0.4) is 0 Å². The van der Waals surface area contributed by atoms with Crippen LogP contribution in [-0.4, -0.2) is 40.2 Å². The van der Waals surface area contributed by atoms with Crippen LogP contribution in [0.2, 0.25) is 0 Å². The van der Waals surface area contributed by atoms with E-state index in [0.717, 1.165) is 6.26 Å². The van der Waals surface area contributed by atoms with Gasteiger partial charge in [-0.25, -0.2) is 0 Å². The first kappa shape index (κ1) is 13.6. The van der Waals surface area contributed by atoms with Gasteiger partial charge in [0, 0.05) is 6.61 Å². The summed E-state index contributed by atoms with van der Waals surface area (Å²) in [4.78, 5) is 0. The van der Waals surface area contributed by atoms with Crippen LogP contribution in [0, 0.1) is 11.8 Å². The summed E-state index contributed by atoms with van der Waals surface area (Å²) >= 11 is 0. The highest BCUT2D eigenvalue weighted by molar-refractivity contribution is 4.97. The van der Waals surface area contributed by atoms with Crippen molar-refractivity contribution in [2.75, 3.05) is 19.8 Å². The van der Waals surface area contributed by atoms with Crippen molar-refractivity contribution < 1.29 is 20.4 Å². The minimum Gasteiger partial charge on any atom is -0.516 e. The molecule has 0 bridgehead atoms. The van der Waals surface area contributed by atoms with E-state index in [9.17, 15) is 0 Å². The van der Waals surface area contributed by atoms with Crippen molar-refractivity contribution in [1.82, 2.24) is 0 Å². The summed E-state index contributed by atoms with van der Waals surface area (Å²) in [6.07, 6.45) is 2.95. The average molecular weight is 174 g/mol. The molecule has 0 aromatic rings. The third-order valence-electron chi connectivity index (χ3n) is 0.684. The predicted molar refractivity (Wildman–Crippen MR) is 45.4 cm³/mol. The molecule has 0 aromatic heterocycles. The van der Waals surface area contributed by atoms with E-state index >= 15 is 0 Å². The summed E-state index contributed by atoms with van der Waals surface area (Å²) in [5.41, 5.74) is 0. The number of hydrogen-bond acceptors (Lipinski definition) is 4. The maximum atomic E-state index is 8.04. The van der Waals surface area contributed by atoms with E-state index in [1.807, 2.05) is 0 Å². The zero-order chi connectivity index (χ0) is 9.66. The van der Waals surface area contributed by atoms with E-state index in [-0.39, 0.29) is 19.8 Å². The van der Waals surface area contributed by atoms with Crippen molar-refractivity contribution in [3.8, 4) is 11.8 Å². The van der Waals surface area contributed by atoms with Crippen LogP contribution >= 0.6 is 0 Å². The molecule has 0 aliphatic rings. The molecule has 4 heteroatoms. The van der Waals surface area contributed by atoms with Crippen molar-refractivity contribution in [3.63, 3.8) is 0 Å². The van der Waals surface area contributed by atoms with Gasteiger partial charge in [-0.2, -0.15) is 0 Å². The highest BCUT2D eigenvalue weighted by atomic mass is 16.3. The van der Waals surface area contributed by atoms with E-state index in [0.29, 0.717) is 6.42 Å². The summed E-state index contributed by atoms with van der Waals surface area (Å²) in [7, 11) is 0. The first-order valence-electron chi connectivity index (χ1n) is 3.41. The summed E-state index contributed by atoms with van der Waals surface area (Å²) in [5, 5.41) is 31.8. The quantitative estimate of drug-likeness (QED) is 0.333. The Labute approximate surface area is 71.8 Å². The van der Waals surface area contributed by atoms with Crippen LogP contribution in [0.4, 0.5) is 0 Å². The van der Waals surface area contributed by atoms with Crippen molar-refractivity contribution in [1.29, 1.82) is 0 Å². The summed E-state index contributed by atoms with van der Waals surface area (Å²) in [6, 6.07) is 0. The van der Waals surface area contributed by atoms with Gasteiger partial charge in [-0.05, 0) is 12.5 Å². The molecule has 4 N–H and O–H groups in total. The lowest BCUT2D eigenvalue weighted by atomic mass is 10.5. The third kappa shape index (κ3) is 23.1. The Morgan fingerprint density at radius 1 is 1.00 bits per heavy atom. The van der Waals surface area contributed by atoms with Crippen molar-refractivity contribution >= 4 is 0 Å². The predicted octanol–water partition coefficient (Wildman–Crippen LogP) is -0.585. The minimum atomic E-state index is -0.166. The smallest absolute Gasteiger partial charge is 0.104 e. The summed E-state index contributed by atoms with van der Waals surface area (Å²) in [6.45, 7) is -0.224. The molecular formula is C8H14O4. The van der Waals surface area contributed by atoms with Crippen molar-refractivity contribution in [3.05, 3.63) is 12.3 Å². The summed E-state index contributed by atoms with van der Waals surface area (Å²) in [5.74, 6) is 4.51. The molecule has 0 rings (SSSR count). The van der Waals surface area contributed by atoms with Gasteiger partial charge in [0.25, 0.3) is 0 Å². The lowest BCUT2D eigenvalue weighted by Gasteiger charge is -1.76. The standard InChI is InChI=1S/C4H8O2.C4H6O2/c2*5-3-1-2-4-6/h1,3,5-6H,2,4H2;5-6H,3-4H2. The molecule has 0 heterocycles. The van der Waals surface area contributed by atoms with Crippen molar-refractivity contribution in [2.24, 2.45) is 0 Å². The van der Waals surface area contributed by atoms with Gasteiger partial charge in [-0.15, -0.1) is 0 Å². The molecule has 0 spiro atoms. The molecule has 0 aromatic carbocycles. The Bertz CT molecular complexity index is 135. The van der Waals surface area contributed by atoms with Gasteiger partial charge in [0.1, 0.15) is 13.2 Å². The third-order valence-corrected chi connectivity index (χ3v) is 0.684. The molecule has 0 radical (unpaired) electrons. The van der Waals surface area contributed by atoms with E-state index in [4.69, 9.17) is 20.4 Å². The number of rotatable bonds is 2. The van der Waals surface area contributed by atoms with E-state index < -0.39 is 0 Å². The highest BCUT2D eigenvalue weighted by Gasteiger charge is 1.67. The Hall–Kier alpha value is -1.02. The monoisotopic (exact) mass is 174 g/mol. The minimum absolute atomic E-state index is 0.108. The fourth-order valence-electron chi connectivity index (χ4n) is 0.261. The maximum absolute atomic E-state index is 8.04. The molecule has 0 saturated heterocycles. The maximum Gasteiger partial charge on any atom is 0.104 e. The number of aliphatic hydroxyl groups is 4. The van der Waals surface area contributed by atoms with Gasteiger partial charge < -0.3 is 20.4 Å². The zero-order valence-electron chi connectivity index (χ0n) is 6.77. The van der Waals surface area contributed by atoms with Gasteiger partial charge in [0.15, 0.2) is 0 Å². The van der Waals surface area contributed by atoms with Crippen LogP contribution in [0.15, 0.2) is 12.3 Å². The molecule has 0 aliphatic carbocycles. The first-order chi connectivity index (χ1) is 5.83. The molecule has 0 aliphatic heterocycles. The Morgan fingerprint density at radius 3 is 1.67 bits per heavy atom. The normalized spacial score (nSPS) is 8.25. The molecular weight excluding hydrogens is 160 g/mol.